The van der Waals surface area contributed by atoms with Crippen molar-refractivity contribution in [2.75, 3.05) is 31.1 Å². The molecule has 4 rings (SSSR count). The number of phenolic OH excluding ortho intramolecular Hbond substituents is 1. The van der Waals surface area contributed by atoms with E-state index in [4.69, 9.17) is 0 Å². The first-order valence-corrected chi connectivity index (χ1v) is 12.0. The second-order valence-corrected chi connectivity index (χ2v) is 9.72. The van der Waals surface area contributed by atoms with Crippen molar-refractivity contribution >= 4 is 54.8 Å². The van der Waals surface area contributed by atoms with Crippen molar-refractivity contribution in [3.8, 4) is 17.0 Å². The van der Waals surface area contributed by atoms with Gasteiger partial charge in [-0.05, 0) is 62.2 Å². The van der Waals surface area contributed by atoms with E-state index in [1.807, 2.05) is 4.90 Å². The van der Waals surface area contributed by atoms with Crippen LogP contribution in [0.2, 0.25) is 0 Å². The predicted octanol–water partition coefficient (Wildman–Crippen LogP) is 6.02. The van der Waals surface area contributed by atoms with Crippen LogP contribution in [0, 0.1) is 0 Å². The number of piperazine rings is 1. The molecule has 0 aliphatic carbocycles. The fourth-order valence-corrected chi connectivity index (χ4v) is 5.38. The number of benzene rings is 2. The van der Waals surface area contributed by atoms with Crippen molar-refractivity contribution in [3.05, 3.63) is 61.3 Å². The van der Waals surface area contributed by atoms with Crippen LogP contribution >= 0.6 is 43.2 Å². The van der Waals surface area contributed by atoms with E-state index in [1.165, 1.54) is 17.4 Å². The SMILES string of the molecule is O=C(c1nc(-c2cc(Br)c(O)c(Br)c2)cs1)N1CCN(c2cccc(C(F)(F)F)c2)CC1. The molecule has 0 bridgehead atoms. The van der Waals surface area contributed by atoms with Crippen LogP contribution in [0.15, 0.2) is 50.7 Å². The van der Waals surface area contributed by atoms with Crippen LogP contribution in [-0.4, -0.2) is 47.1 Å². The third-order valence-corrected chi connectivity index (χ3v) is 7.14. The van der Waals surface area contributed by atoms with Crippen molar-refractivity contribution in [3.63, 3.8) is 0 Å². The molecule has 5 nitrogen and oxygen atoms in total. The molecule has 3 aromatic rings. The van der Waals surface area contributed by atoms with E-state index in [0.29, 0.717) is 51.5 Å². The van der Waals surface area contributed by atoms with Crippen molar-refractivity contribution in [1.82, 2.24) is 9.88 Å². The van der Waals surface area contributed by atoms with Crippen LogP contribution in [0.25, 0.3) is 11.3 Å². The Balaban J connectivity index is 1.44. The molecule has 1 aliphatic heterocycles. The Labute approximate surface area is 202 Å². The molecule has 11 heteroatoms. The van der Waals surface area contributed by atoms with E-state index < -0.39 is 11.7 Å². The average molecular weight is 591 g/mol. The van der Waals surface area contributed by atoms with Gasteiger partial charge in [0.2, 0.25) is 0 Å². The lowest BCUT2D eigenvalue weighted by Crippen LogP contribution is -2.48. The third kappa shape index (κ3) is 4.79. The molecular formula is C21H16Br2F3N3O2S. The van der Waals surface area contributed by atoms with Gasteiger partial charge < -0.3 is 14.9 Å². The summed E-state index contributed by atoms with van der Waals surface area (Å²) < 4.78 is 40.0. The summed E-state index contributed by atoms with van der Waals surface area (Å²) in [5.74, 6) is -0.124. The van der Waals surface area contributed by atoms with Crippen molar-refractivity contribution < 1.29 is 23.1 Å². The molecule has 0 atom stereocenters. The fraction of sp³-hybridized carbons (Fsp3) is 0.238. The minimum absolute atomic E-state index is 0.0823. The number of aromatic hydroxyl groups is 1. The lowest BCUT2D eigenvalue weighted by molar-refractivity contribution is -0.137. The Bertz CT molecular complexity index is 1140. The lowest BCUT2D eigenvalue weighted by atomic mass is 10.1. The quantitative estimate of drug-likeness (QED) is 0.405. The number of alkyl halides is 3. The molecule has 0 saturated carbocycles. The molecule has 0 spiro atoms. The van der Waals surface area contributed by atoms with Gasteiger partial charge in [0.15, 0.2) is 5.01 Å². The Morgan fingerprint density at radius 2 is 1.72 bits per heavy atom. The molecule has 2 aromatic carbocycles. The number of anilines is 1. The van der Waals surface area contributed by atoms with Gasteiger partial charge >= 0.3 is 6.18 Å². The number of amides is 1. The molecule has 1 saturated heterocycles. The van der Waals surface area contributed by atoms with Crippen LogP contribution in [0.3, 0.4) is 0 Å². The number of hydrogen-bond acceptors (Lipinski definition) is 5. The summed E-state index contributed by atoms with van der Waals surface area (Å²) in [5.41, 5.74) is 1.16. The van der Waals surface area contributed by atoms with Crippen LogP contribution in [0.5, 0.6) is 5.75 Å². The van der Waals surface area contributed by atoms with E-state index in [2.05, 4.69) is 36.8 Å². The minimum Gasteiger partial charge on any atom is -0.506 e. The van der Waals surface area contributed by atoms with Gasteiger partial charge in [0.1, 0.15) is 5.75 Å². The van der Waals surface area contributed by atoms with Gasteiger partial charge in [0, 0.05) is 42.8 Å². The Kier molecular flexibility index (Phi) is 6.51. The molecule has 0 unspecified atom stereocenters. The van der Waals surface area contributed by atoms with Crippen LogP contribution in [0.4, 0.5) is 18.9 Å². The van der Waals surface area contributed by atoms with Gasteiger partial charge in [-0.15, -0.1) is 11.3 Å². The molecule has 1 fully saturated rings. The summed E-state index contributed by atoms with van der Waals surface area (Å²) in [6, 6.07) is 8.67. The first kappa shape index (κ1) is 23.1. The Morgan fingerprint density at radius 3 is 2.34 bits per heavy atom. The van der Waals surface area contributed by atoms with E-state index in [9.17, 15) is 23.1 Å². The zero-order valence-electron chi connectivity index (χ0n) is 16.4. The van der Waals surface area contributed by atoms with Gasteiger partial charge in [-0.2, -0.15) is 13.2 Å². The van der Waals surface area contributed by atoms with E-state index >= 15 is 0 Å². The number of halogens is 5. The Morgan fingerprint density at radius 1 is 1.06 bits per heavy atom. The maximum atomic E-state index is 13.0. The summed E-state index contributed by atoms with van der Waals surface area (Å²) >= 11 is 7.80. The normalized spacial score (nSPS) is 14.7. The van der Waals surface area contributed by atoms with Gasteiger partial charge in [-0.1, -0.05) is 6.07 Å². The van der Waals surface area contributed by atoms with Crippen molar-refractivity contribution in [1.29, 1.82) is 0 Å². The highest BCUT2D eigenvalue weighted by atomic mass is 79.9. The van der Waals surface area contributed by atoms with E-state index in [1.54, 1.807) is 28.5 Å². The smallest absolute Gasteiger partial charge is 0.416 e. The van der Waals surface area contributed by atoms with Crippen molar-refractivity contribution in [2.45, 2.75) is 6.18 Å². The standard InChI is InChI=1S/C21H16Br2F3N3O2S/c22-15-8-12(9-16(23)18(15)30)17-11-32-19(27-17)20(31)29-6-4-28(5-7-29)14-3-1-2-13(10-14)21(24,25)26/h1-3,8-11,30H,4-7H2. The predicted molar refractivity (Wildman–Crippen MR) is 124 cm³/mol. The van der Waals surface area contributed by atoms with E-state index in [0.717, 1.165) is 17.7 Å². The molecule has 32 heavy (non-hydrogen) atoms. The molecule has 1 N–H and O–H groups in total. The number of rotatable bonds is 3. The van der Waals surface area contributed by atoms with Gasteiger partial charge in [0.25, 0.3) is 5.91 Å². The number of thiazole rings is 1. The Hall–Kier alpha value is -2.11. The van der Waals surface area contributed by atoms with Crippen LogP contribution in [-0.2, 0) is 6.18 Å². The summed E-state index contributed by atoms with van der Waals surface area (Å²) in [5, 5.41) is 12.0. The summed E-state index contributed by atoms with van der Waals surface area (Å²) in [6.45, 7) is 1.65. The molecule has 1 aromatic heterocycles. The molecule has 168 valence electrons. The molecule has 0 radical (unpaired) electrons. The highest BCUT2D eigenvalue weighted by Crippen LogP contribution is 2.37. The topological polar surface area (TPSA) is 56.7 Å². The lowest BCUT2D eigenvalue weighted by Gasteiger charge is -2.36. The maximum absolute atomic E-state index is 13.0. The largest absolute Gasteiger partial charge is 0.506 e. The van der Waals surface area contributed by atoms with Crippen LogP contribution in [0.1, 0.15) is 15.4 Å². The average Bonchev–Trinajstić information content (AvgIpc) is 3.26. The number of hydrogen-bond donors (Lipinski definition) is 1. The monoisotopic (exact) mass is 589 g/mol. The highest BCUT2D eigenvalue weighted by molar-refractivity contribution is 9.11. The van der Waals surface area contributed by atoms with E-state index in [-0.39, 0.29) is 11.7 Å². The third-order valence-electron chi connectivity index (χ3n) is 5.11. The summed E-state index contributed by atoms with van der Waals surface area (Å²) in [6.07, 6.45) is -4.39. The first-order valence-electron chi connectivity index (χ1n) is 9.49. The van der Waals surface area contributed by atoms with Crippen LogP contribution < -0.4 is 4.90 Å². The highest BCUT2D eigenvalue weighted by Gasteiger charge is 2.31. The summed E-state index contributed by atoms with van der Waals surface area (Å²) in [4.78, 5) is 20.9. The second-order valence-electron chi connectivity index (χ2n) is 7.15. The number of phenols is 1. The van der Waals surface area contributed by atoms with Gasteiger partial charge in [-0.3, -0.25) is 4.79 Å². The maximum Gasteiger partial charge on any atom is 0.416 e. The van der Waals surface area contributed by atoms with Crippen molar-refractivity contribution in [2.24, 2.45) is 0 Å². The number of nitrogens with zero attached hydrogens (tertiary/aromatic N) is 3. The second kappa shape index (κ2) is 9.03. The summed E-state index contributed by atoms with van der Waals surface area (Å²) in [7, 11) is 0. The molecule has 1 aliphatic rings. The molecule has 1 amide bonds. The van der Waals surface area contributed by atoms with Gasteiger partial charge in [0.05, 0.1) is 20.2 Å². The zero-order chi connectivity index (χ0) is 23.0. The zero-order valence-corrected chi connectivity index (χ0v) is 20.4. The number of carbonyl (C=O) groups is 1. The molecule has 2 heterocycles. The molecular weight excluding hydrogens is 575 g/mol. The fourth-order valence-electron chi connectivity index (χ4n) is 3.40. The van der Waals surface area contributed by atoms with Gasteiger partial charge in [-0.25, -0.2) is 4.98 Å². The number of aromatic nitrogens is 1. The first-order chi connectivity index (χ1) is 15.1. The minimum atomic E-state index is -4.39. The number of carbonyl (C=O) groups excluding carboxylic acids is 1.